The lowest BCUT2D eigenvalue weighted by atomic mass is 9.81. The maximum atomic E-state index is 13.1. The van der Waals surface area contributed by atoms with E-state index >= 15 is 0 Å². The molecule has 0 bridgehead atoms. The van der Waals surface area contributed by atoms with E-state index in [1.54, 1.807) is 0 Å². The van der Waals surface area contributed by atoms with E-state index in [0.717, 1.165) is 57.8 Å². The van der Waals surface area contributed by atoms with Crippen LogP contribution in [0.2, 0.25) is 0 Å². The number of ether oxygens (including phenoxy) is 1. The molecule has 0 aliphatic heterocycles. The highest BCUT2D eigenvalue weighted by Crippen LogP contribution is 2.43. The van der Waals surface area contributed by atoms with Crippen molar-refractivity contribution in [3.05, 3.63) is 0 Å². The third kappa shape index (κ3) is 2.99. The van der Waals surface area contributed by atoms with Gasteiger partial charge in [-0.1, -0.05) is 32.6 Å². The first kappa shape index (κ1) is 15.3. The summed E-state index contributed by atoms with van der Waals surface area (Å²) in [5.74, 6) is -0.0932. The first-order valence-corrected chi connectivity index (χ1v) is 8.01. The Labute approximate surface area is 121 Å². The van der Waals surface area contributed by atoms with Gasteiger partial charge in [-0.05, 0) is 32.1 Å². The normalized spacial score (nSPS) is 21.9. The minimum Gasteiger partial charge on any atom is -0.468 e. The van der Waals surface area contributed by atoms with Crippen LogP contribution in [-0.2, 0) is 14.3 Å². The molecule has 2 fully saturated rings. The summed E-state index contributed by atoms with van der Waals surface area (Å²) in [4.78, 5) is 26.6. The third-order valence-electron chi connectivity index (χ3n) is 5.24. The Morgan fingerprint density at radius 3 is 2.25 bits per heavy atom. The van der Waals surface area contributed by atoms with E-state index in [1.807, 2.05) is 4.90 Å². The van der Waals surface area contributed by atoms with E-state index in [9.17, 15) is 9.59 Å². The molecule has 0 radical (unpaired) electrons. The fraction of sp³-hybridized carbons (Fsp3) is 0.875. The number of amides is 1. The highest BCUT2D eigenvalue weighted by Gasteiger charge is 2.44. The summed E-state index contributed by atoms with van der Waals surface area (Å²) in [6, 6.07) is 0.241. The number of nitrogens with zero attached hydrogens (tertiary/aromatic N) is 1. The van der Waals surface area contributed by atoms with Gasteiger partial charge in [0, 0.05) is 11.5 Å². The van der Waals surface area contributed by atoms with Crippen LogP contribution in [0.25, 0.3) is 0 Å². The zero-order valence-corrected chi connectivity index (χ0v) is 12.8. The summed E-state index contributed by atoms with van der Waals surface area (Å²) in [6.07, 6.45) is 9.50. The summed E-state index contributed by atoms with van der Waals surface area (Å²) in [5, 5.41) is 0. The van der Waals surface area contributed by atoms with Gasteiger partial charge in [0.2, 0.25) is 5.91 Å². The highest BCUT2D eigenvalue weighted by atomic mass is 16.5. The van der Waals surface area contributed by atoms with Crippen molar-refractivity contribution in [2.75, 3.05) is 13.7 Å². The largest absolute Gasteiger partial charge is 0.468 e. The minimum absolute atomic E-state index is 0.127. The van der Waals surface area contributed by atoms with Gasteiger partial charge >= 0.3 is 5.97 Å². The zero-order chi connectivity index (χ0) is 14.6. The van der Waals surface area contributed by atoms with Crippen molar-refractivity contribution in [1.29, 1.82) is 0 Å². The Hall–Kier alpha value is -1.06. The van der Waals surface area contributed by atoms with E-state index in [4.69, 9.17) is 4.74 Å². The average molecular weight is 281 g/mol. The maximum Gasteiger partial charge on any atom is 0.325 e. The first-order valence-electron chi connectivity index (χ1n) is 8.01. The molecular weight excluding hydrogens is 254 g/mol. The van der Waals surface area contributed by atoms with Crippen molar-refractivity contribution in [1.82, 2.24) is 4.90 Å². The Morgan fingerprint density at radius 2 is 1.75 bits per heavy atom. The van der Waals surface area contributed by atoms with Gasteiger partial charge in [-0.25, -0.2) is 0 Å². The second-order valence-corrected chi connectivity index (χ2v) is 6.29. The molecule has 0 heterocycles. The molecule has 4 nitrogen and oxygen atoms in total. The number of hydrogen-bond acceptors (Lipinski definition) is 3. The summed E-state index contributed by atoms with van der Waals surface area (Å²) in [5.41, 5.74) is -0.212. The standard InChI is InChI=1S/C16H27NO3/c1-3-16(10-6-7-11-16)15(19)17(12-14(18)20-2)13-8-4-5-9-13/h13H,3-12H2,1-2H3. The summed E-state index contributed by atoms with van der Waals surface area (Å²) in [6.45, 7) is 2.23. The van der Waals surface area contributed by atoms with Crippen LogP contribution in [0.4, 0.5) is 0 Å². The molecular formula is C16H27NO3. The predicted molar refractivity (Wildman–Crippen MR) is 77.2 cm³/mol. The summed E-state index contributed by atoms with van der Waals surface area (Å²) < 4.78 is 4.79. The first-order chi connectivity index (χ1) is 9.63. The lowest BCUT2D eigenvalue weighted by Gasteiger charge is -2.36. The average Bonchev–Trinajstić information content (AvgIpc) is 3.14. The Morgan fingerprint density at radius 1 is 1.15 bits per heavy atom. The molecule has 0 atom stereocenters. The van der Waals surface area contributed by atoms with Gasteiger partial charge in [-0.15, -0.1) is 0 Å². The SMILES string of the molecule is CCC1(C(=O)N(CC(=O)OC)C2CCCC2)CCCC1. The quantitative estimate of drug-likeness (QED) is 0.728. The second kappa shape index (κ2) is 6.59. The molecule has 0 N–H and O–H groups in total. The van der Waals surface area contributed by atoms with Gasteiger partial charge in [0.1, 0.15) is 6.54 Å². The summed E-state index contributed by atoms with van der Waals surface area (Å²) >= 11 is 0. The minimum atomic E-state index is -0.297. The lowest BCUT2D eigenvalue weighted by molar-refractivity contribution is -0.153. The highest BCUT2D eigenvalue weighted by molar-refractivity contribution is 5.87. The molecule has 4 heteroatoms. The van der Waals surface area contributed by atoms with Crippen molar-refractivity contribution < 1.29 is 14.3 Å². The van der Waals surface area contributed by atoms with Crippen molar-refractivity contribution in [3.63, 3.8) is 0 Å². The van der Waals surface area contributed by atoms with E-state index in [-0.39, 0.29) is 29.9 Å². The predicted octanol–water partition coefficient (Wildman–Crippen LogP) is 2.90. The summed E-state index contributed by atoms with van der Waals surface area (Å²) in [7, 11) is 1.39. The molecule has 2 aliphatic carbocycles. The second-order valence-electron chi connectivity index (χ2n) is 6.29. The van der Waals surface area contributed by atoms with Crippen LogP contribution in [-0.4, -0.2) is 36.5 Å². The molecule has 114 valence electrons. The number of hydrogen-bond donors (Lipinski definition) is 0. The molecule has 2 rings (SSSR count). The van der Waals surface area contributed by atoms with Gasteiger partial charge in [0.05, 0.1) is 7.11 Å². The number of rotatable bonds is 5. The van der Waals surface area contributed by atoms with Crippen LogP contribution in [0, 0.1) is 5.41 Å². The molecule has 0 spiro atoms. The molecule has 2 saturated carbocycles. The number of esters is 1. The molecule has 2 aliphatic rings. The topological polar surface area (TPSA) is 46.6 Å². The third-order valence-corrected chi connectivity index (χ3v) is 5.24. The van der Waals surface area contributed by atoms with Crippen molar-refractivity contribution in [2.45, 2.75) is 70.8 Å². The zero-order valence-electron chi connectivity index (χ0n) is 12.8. The van der Waals surface area contributed by atoms with Crippen LogP contribution in [0.5, 0.6) is 0 Å². The Balaban J connectivity index is 2.15. The Kier molecular flexibility index (Phi) is 5.06. The van der Waals surface area contributed by atoms with Crippen LogP contribution in [0.1, 0.15) is 64.7 Å². The molecule has 0 aromatic rings. The monoisotopic (exact) mass is 281 g/mol. The molecule has 0 aromatic heterocycles. The molecule has 0 aromatic carbocycles. The molecule has 0 saturated heterocycles. The fourth-order valence-corrected chi connectivity index (χ4v) is 3.86. The fourth-order valence-electron chi connectivity index (χ4n) is 3.86. The number of carbonyl (C=O) groups is 2. The van der Waals surface area contributed by atoms with Crippen LogP contribution < -0.4 is 0 Å². The Bertz CT molecular complexity index is 355. The number of methoxy groups -OCH3 is 1. The van der Waals surface area contributed by atoms with Crippen LogP contribution in [0.15, 0.2) is 0 Å². The van der Waals surface area contributed by atoms with E-state index in [1.165, 1.54) is 7.11 Å². The van der Waals surface area contributed by atoms with Gasteiger partial charge < -0.3 is 9.64 Å². The van der Waals surface area contributed by atoms with Crippen LogP contribution in [0.3, 0.4) is 0 Å². The number of carbonyl (C=O) groups excluding carboxylic acids is 2. The van der Waals surface area contributed by atoms with Gasteiger partial charge in [-0.3, -0.25) is 9.59 Å². The smallest absolute Gasteiger partial charge is 0.325 e. The van der Waals surface area contributed by atoms with E-state index in [0.29, 0.717) is 0 Å². The maximum absolute atomic E-state index is 13.1. The van der Waals surface area contributed by atoms with Gasteiger partial charge in [0.15, 0.2) is 0 Å². The van der Waals surface area contributed by atoms with Crippen molar-refractivity contribution in [3.8, 4) is 0 Å². The van der Waals surface area contributed by atoms with Crippen LogP contribution >= 0.6 is 0 Å². The lowest BCUT2D eigenvalue weighted by Crippen LogP contribution is -2.49. The van der Waals surface area contributed by atoms with E-state index in [2.05, 4.69) is 6.92 Å². The van der Waals surface area contributed by atoms with Crippen molar-refractivity contribution in [2.24, 2.45) is 5.41 Å². The molecule has 1 amide bonds. The molecule has 0 unspecified atom stereocenters. The van der Waals surface area contributed by atoms with Gasteiger partial charge in [-0.2, -0.15) is 0 Å². The van der Waals surface area contributed by atoms with E-state index < -0.39 is 0 Å². The molecule has 20 heavy (non-hydrogen) atoms. The van der Waals surface area contributed by atoms with Gasteiger partial charge in [0.25, 0.3) is 0 Å². The van der Waals surface area contributed by atoms with Crippen molar-refractivity contribution >= 4 is 11.9 Å².